The molecule has 18 heavy (non-hydrogen) atoms. The van der Waals surface area contributed by atoms with E-state index in [1.165, 1.54) is 6.92 Å². The van der Waals surface area contributed by atoms with Gasteiger partial charge >= 0.3 is 12.0 Å². The normalized spacial score (nSPS) is 13.2. The fourth-order valence-electron chi connectivity index (χ4n) is 1.17. The van der Waals surface area contributed by atoms with Crippen molar-refractivity contribution < 1.29 is 24.3 Å². The highest BCUT2D eigenvalue weighted by Crippen LogP contribution is 2.06. The maximum atomic E-state index is 11.3. The Morgan fingerprint density at radius 3 is 2.17 bits per heavy atom. The van der Waals surface area contributed by atoms with Gasteiger partial charge in [0, 0.05) is 12.8 Å². The minimum absolute atomic E-state index is 0.0926. The Bertz CT molecular complexity index is 355. The Hall–Kier alpha value is -2.12. The van der Waals surface area contributed by atoms with Crippen LogP contribution in [-0.2, 0) is 14.4 Å². The lowest BCUT2D eigenvalue weighted by molar-refractivity contribution is -0.138. The minimum atomic E-state index is -1.01. The molecule has 8 heteroatoms. The molecule has 2 atom stereocenters. The van der Waals surface area contributed by atoms with Crippen molar-refractivity contribution in [3.8, 4) is 0 Å². The van der Waals surface area contributed by atoms with Crippen molar-refractivity contribution in [3.63, 3.8) is 0 Å². The van der Waals surface area contributed by atoms with Crippen molar-refractivity contribution in [1.82, 2.24) is 10.6 Å². The first-order valence-electron chi connectivity index (χ1n) is 5.33. The molecule has 0 bridgehead atoms. The maximum absolute atomic E-state index is 11.3. The molecule has 0 heterocycles. The van der Waals surface area contributed by atoms with Crippen LogP contribution >= 0.6 is 0 Å². The SMILES string of the molecule is CC(CC(=O)O)CC(=O)NC(=O)NC(C)C(N)=O. The summed E-state index contributed by atoms with van der Waals surface area (Å²) in [7, 11) is 0. The molecule has 0 saturated carbocycles. The van der Waals surface area contributed by atoms with Crippen molar-refractivity contribution in [2.75, 3.05) is 0 Å². The first kappa shape index (κ1) is 15.9. The topological polar surface area (TPSA) is 139 Å². The van der Waals surface area contributed by atoms with Crippen LogP contribution in [0.3, 0.4) is 0 Å². The number of primary amides is 1. The lowest BCUT2D eigenvalue weighted by atomic mass is 10.0. The van der Waals surface area contributed by atoms with E-state index in [2.05, 4.69) is 5.32 Å². The van der Waals surface area contributed by atoms with E-state index < -0.39 is 29.9 Å². The highest BCUT2D eigenvalue weighted by molar-refractivity contribution is 5.96. The largest absolute Gasteiger partial charge is 0.481 e. The highest BCUT2D eigenvalue weighted by atomic mass is 16.4. The van der Waals surface area contributed by atoms with Gasteiger partial charge in [0.1, 0.15) is 6.04 Å². The Morgan fingerprint density at radius 1 is 1.17 bits per heavy atom. The van der Waals surface area contributed by atoms with Crippen molar-refractivity contribution in [2.24, 2.45) is 11.7 Å². The number of carbonyl (C=O) groups is 4. The van der Waals surface area contributed by atoms with E-state index in [9.17, 15) is 19.2 Å². The summed E-state index contributed by atoms with van der Waals surface area (Å²) in [4.78, 5) is 43.5. The zero-order chi connectivity index (χ0) is 14.3. The summed E-state index contributed by atoms with van der Waals surface area (Å²) >= 11 is 0. The molecule has 0 fully saturated rings. The molecule has 0 aliphatic heterocycles. The van der Waals surface area contributed by atoms with Crippen LogP contribution in [0, 0.1) is 5.92 Å². The molecule has 0 spiro atoms. The third-order valence-corrected chi connectivity index (χ3v) is 2.08. The number of rotatable bonds is 6. The van der Waals surface area contributed by atoms with Crippen molar-refractivity contribution in [2.45, 2.75) is 32.7 Å². The van der Waals surface area contributed by atoms with E-state index in [0.29, 0.717) is 0 Å². The molecule has 5 N–H and O–H groups in total. The summed E-state index contributed by atoms with van der Waals surface area (Å²) in [6.45, 7) is 2.96. The Balaban J connectivity index is 4.05. The Kier molecular flexibility index (Phi) is 6.40. The number of hydrogen-bond acceptors (Lipinski definition) is 4. The van der Waals surface area contributed by atoms with Gasteiger partial charge in [-0.25, -0.2) is 4.79 Å². The minimum Gasteiger partial charge on any atom is -0.481 e. The average molecular weight is 259 g/mol. The van der Waals surface area contributed by atoms with E-state index in [0.717, 1.165) is 0 Å². The van der Waals surface area contributed by atoms with Crippen LogP contribution < -0.4 is 16.4 Å². The Morgan fingerprint density at radius 2 is 1.72 bits per heavy atom. The summed E-state index contributed by atoms with van der Waals surface area (Å²) < 4.78 is 0. The van der Waals surface area contributed by atoms with Gasteiger partial charge in [0.25, 0.3) is 0 Å². The molecule has 0 rings (SSSR count). The van der Waals surface area contributed by atoms with Gasteiger partial charge in [-0.1, -0.05) is 6.92 Å². The molecular formula is C10H17N3O5. The summed E-state index contributed by atoms with van der Waals surface area (Å²) in [6, 6.07) is -1.73. The molecule has 0 radical (unpaired) electrons. The quantitative estimate of drug-likeness (QED) is 0.494. The van der Waals surface area contributed by atoms with Gasteiger partial charge in [0.15, 0.2) is 0 Å². The van der Waals surface area contributed by atoms with Crippen molar-refractivity contribution in [3.05, 3.63) is 0 Å². The summed E-state index contributed by atoms with van der Waals surface area (Å²) in [6.07, 6.45) is -0.253. The zero-order valence-corrected chi connectivity index (χ0v) is 10.2. The van der Waals surface area contributed by atoms with Gasteiger partial charge in [0.05, 0.1) is 0 Å². The van der Waals surface area contributed by atoms with Crippen LogP contribution in [0.1, 0.15) is 26.7 Å². The van der Waals surface area contributed by atoms with Crippen LogP contribution in [0.4, 0.5) is 4.79 Å². The van der Waals surface area contributed by atoms with Gasteiger partial charge in [-0.2, -0.15) is 0 Å². The second kappa shape index (κ2) is 7.25. The van der Waals surface area contributed by atoms with E-state index in [1.54, 1.807) is 6.92 Å². The lowest BCUT2D eigenvalue weighted by Gasteiger charge is -2.12. The number of aliphatic carboxylic acids is 1. The predicted molar refractivity (Wildman–Crippen MR) is 61.4 cm³/mol. The van der Waals surface area contributed by atoms with E-state index in [4.69, 9.17) is 10.8 Å². The number of urea groups is 1. The smallest absolute Gasteiger partial charge is 0.322 e. The molecule has 102 valence electrons. The zero-order valence-electron chi connectivity index (χ0n) is 10.2. The first-order chi connectivity index (χ1) is 8.22. The fraction of sp³-hybridized carbons (Fsp3) is 0.600. The Labute approximate surface area is 104 Å². The standard InChI is InChI=1S/C10H17N3O5/c1-5(4-8(15)16)3-7(14)13-10(18)12-6(2)9(11)17/h5-6H,3-4H2,1-2H3,(H2,11,17)(H,15,16)(H2,12,13,14,18). The van der Waals surface area contributed by atoms with Crippen LogP contribution in [0.25, 0.3) is 0 Å². The van der Waals surface area contributed by atoms with Crippen molar-refractivity contribution >= 4 is 23.8 Å². The van der Waals surface area contributed by atoms with Gasteiger partial charge in [-0.15, -0.1) is 0 Å². The second-order valence-electron chi connectivity index (χ2n) is 4.05. The molecule has 0 aliphatic rings. The molecule has 0 aromatic heterocycles. The monoisotopic (exact) mass is 259 g/mol. The van der Waals surface area contributed by atoms with Gasteiger partial charge in [0.2, 0.25) is 11.8 Å². The highest BCUT2D eigenvalue weighted by Gasteiger charge is 2.17. The second-order valence-corrected chi connectivity index (χ2v) is 4.05. The molecule has 0 aromatic rings. The first-order valence-corrected chi connectivity index (χ1v) is 5.33. The number of imide groups is 1. The van der Waals surface area contributed by atoms with E-state index >= 15 is 0 Å². The fourth-order valence-corrected chi connectivity index (χ4v) is 1.17. The number of amides is 4. The number of hydrogen-bond donors (Lipinski definition) is 4. The lowest BCUT2D eigenvalue weighted by Crippen LogP contribution is -2.48. The molecular weight excluding hydrogens is 242 g/mol. The summed E-state index contributed by atoms with van der Waals surface area (Å²) in [5.41, 5.74) is 4.92. The van der Waals surface area contributed by atoms with Crippen LogP contribution in [0.5, 0.6) is 0 Å². The molecule has 8 nitrogen and oxygen atoms in total. The van der Waals surface area contributed by atoms with Gasteiger partial charge < -0.3 is 16.2 Å². The summed E-state index contributed by atoms with van der Waals surface area (Å²) in [5, 5.41) is 12.6. The molecule has 4 amide bonds. The molecule has 0 aromatic carbocycles. The van der Waals surface area contributed by atoms with E-state index in [-0.39, 0.29) is 18.8 Å². The van der Waals surface area contributed by atoms with Crippen LogP contribution in [0.2, 0.25) is 0 Å². The number of carboxylic acids is 1. The van der Waals surface area contributed by atoms with Gasteiger partial charge in [-0.3, -0.25) is 19.7 Å². The molecule has 0 aliphatic carbocycles. The van der Waals surface area contributed by atoms with Crippen LogP contribution in [0.15, 0.2) is 0 Å². The predicted octanol–water partition coefficient (Wildman–Crippen LogP) is -0.813. The number of nitrogens with one attached hydrogen (secondary N) is 2. The third-order valence-electron chi connectivity index (χ3n) is 2.08. The number of carboxylic acid groups (broad SMARTS) is 1. The van der Waals surface area contributed by atoms with Crippen LogP contribution in [-0.4, -0.2) is 35.0 Å². The van der Waals surface area contributed by atoms with Gasteiger partial charge in [-0.05, 0) is 12.8 Å². The summed E-state index contributed by atoms with van der Waals surface area (Å²) in [5.74, 6) is -2.74. The number of nitrogens with two attached hydrogens (primary N) is 1. The third kappa shape index (κ3) is 7.20. The molecule has 2 unspecified atom stereocenters. The number of carbonyl (C=O) groups excluding carboxylic acids is 3. The average Bonchev–Trinajstić information content (AvgIpc) is 2.14. The molecule has 0 saturated heterocycles. The van der Waals surface area contributed by atoms with Crippen molar-refractivity contribution in [1.29, 1.82) is 0 Å². The maximum Gasteiger partial charge on any atom is 0.322 e. The van der Waals surface area contributed by atoms with E-state index in [1.807, 2.05) is 5.32 Å².